The van der Waals surface area contributed by atoms with Gasteiger partial charge in [0.1, 0.15) is 0 Å². The van der Waals surface area contributed by atoms with Crippen molar-refractivity contribution in [2.45, 2.75) is 219 Å². The Kier molecular flexibility index (Phi) is 34.2. The van der Waals surface area contributed by atoms with Gasteiger partial charge in [0.25, 0.3) is 0 Å². The second kappa shape index (κ2) is 34.1. The second-order valence-electron chi connectivity index (χ2n) is 12.4. The van der Waals surface area contributed by atoms with Gasteiger partial charge in [0.05, 0.1) is 0 Å². The lowest BCUT2D eigenvalue weighted by atomic mass is 9.95. The zero-order valence-corrected chi connectivity index (χ0v) is 27.0. The zero-order chi connectivity index (χ0) is 26.9. The summed E-state index contributed by atoms with van der Waals surface area (Å²) in [6.45, 7) is 4.61. The van der Waals surface area contributed by atoms with Crippen LogP contribution < -0.4 is 0 Å². The normalized spacial score (nSPS) is 12.3. The molecule has 0 fully saturated rings. The van der Waals surface area contributed by atoms with Crippen LogP contribution in [0.2, 0.25) is 0 Å². The monoisotopic (exact) mass is 537 g/mol. The molecule has 1 atom stereocenters. The van der Waals surface area contributed by atoms with E-state index in [4.69, 9.17) is 12.2 Å². The van der Waals surface area contributed by atoms with Crippen LogP contribution in [0.4, 0.5) is 0 Å². The minimum atomic E-state index is 0.707. The summed E-state index contributed by atoms with van der Waals surface area (Å²) < 4.78 is 0. The summed E-state index contributed by atoms with van der Waals surface area (Å²) in [5, 5.41) is 2.09. The average Bonchev–Trinajstić information content (AvgIpc) is 2.91. The van der Waals surface area contributed by atoms with Crippen LogP contribution >= 0.6 is 12.2 Å². The van der Waals surface area contributed by atoms with Crippen molar-refractivity contribution in [1.29, 1.82) is 0 Å². The third-order valence-electron chi connectivity index (χ3n) is 8.55. The molecule has 0 heterocycles. The highest BCUT2D eigenvalue weighted by molar-refractivity contribution is 7.79. The van der Waals surface area contributed by atoms with Crippen molar-refractivity contribution in [2.24, 2.45) is 5.92 Å². The summed E-state index contributed by atoms with van der Waals surface area (Å²) in [6, 6.07) is 0. The smallest absolute Gasteiger partial charge is 0.0128 e. The summed E-state index contributed by atoms with van der Waals surface area (Å²) in [7, 11) is 0. The third kappa shape index (κ3) is 32.2. The summed E-state index contributed by atoms with van der Waals surface area (Å²) in [4.78, 5) is 0. The van der Waals surface area contributed by atoms with Gasteiger partial charge in [-0.15, -0.1) is 0 Å². The molecule has 0 N–H and O–H groups in total. The standard InChI is InChI=1S/C36H72S/c1-3-5-7-9-11-13-15-17-19-20-22-24-26-28-30-32-34-36(35-37)33-31-29-27-25-23-21-18-16-14-12-10-8-6-4-2/h35-36H,3-34H2,1-2H3. The van der Waals surface area contributed by atoms with Gasteiger partial charge in [-0.05, 0) is 24.1 Å². The molecule has 0 radical (unpaired) electrons. The average molecular weight is 537 g/mol. The largest absolute Gasteiger partial charge is 0.0932 e. The third-order valence-corrected chi connectivity index (χ3v) is 8.93. The van der Waals surface area contributed by atoms with Crippen LogP contribution in [0.1, 0.15) is 219 Å². The van der Waals surface area contributed by atoms with Crippen molar-refractivity contribution in [3.63, 3.8) is 0 Å². The Morgan fingerprint density at radius 3 is 0.703 bits per heavy atom. The van der Waals surface area contributed by atoms with Gasteiger partial charge in [-0.25, -0.2) is 0 Å². The Labute approximate surface area is 242 Å². The van der Waals surface area contributed by atoms with E-state index >= 15 is 0 Å². The number of hydrogen-bond acceptors (Lipinski definition) is 1. The first-order valence-electron chi connectivity index (χ1n) is 17.8. The lowest BCUT2D eigenvalue weighted by Crippen LogP contribution is -2.01. The van der Waals surface area contributed by atoms with E-state index in [1.807, 2.05) is 0 Å². The molecule has 0 nitrogen and oxygen atoms in total. The number of unbranched alkanes of at least 4 members (excludes halogenated alkanes) is 28. The maximum Gasteiger partial charge on any atom is -0.0128 e. The maximum atomic E-state index is 5.36. The van der Waals surface area contributed by atoms with Gasteiger partial charge in [0.15, 0.2) is 0 Å². The predicted octanol–water partition coefficient (Wildman–Crippen LogP) is 14.1. The molecule has 37 heavy (non-hydrogen) atoms. The SMILES string of the molecule is CCCCCCCCCCCCCCCCCCC(C=S)CCCCCCCCCCCCCCCC. The van der Waals surface area contributed by atoms with Crippen molar-refractivity contribution in [2.75, 3.05) is 0 Å². The second-order valence-corrected chi connectivity index (χ2v) is 12.6. The predicted molar refractivity (Wildman–Crippen MR) is 176 cm³/mol. The molecule has 0 aliphatic rings. The summed E-state index contributed by atoms with van der Waals surface area (Å²) in [5.41, 5.74) is 0. The quantitative estimate of drug-likeness (QED) is 0.0593. The lowest BCUT2D eigenvalue weighted by molar-refractivity contribution is 0.483. The van der Waals surface area contributed by atoms with Crippen molar-refractivity contribution < 1.29 is 0 Å². The van der Waals surface area contributed by atoms with Crippen LogP contribution in [0, 0.1) is 5.92 Å². The highest BCUT2D eigenvalue weighted by atomic mass is 32.1. The molecule has 0 aromatic rings. The molecule has 0 aliphatic heterocycles. The van der Waals surface area contributed by atoms with Crippen molar-refractivity contribution in [3.8, 4) is 0 Å². The fourth-order valence-corrected chi connectivity index (χ4v) is 6.11. The molecule has 0 spiro atoms. The Balaban J connectivity index is 3.26. The van der Waals surface area contributed by atoms with Gasteiger partial charge >= 0.3 is 0 Å². The molecular formula is C36H72S. The van der Waals surface area contributed by atoms with Crippen LogP contribution in [0.15, 0.2) is 0 Å². The van der Waals surface area contributed by atoms with Gasteiger partial charge in [-0.2, -0.15) is 0 Å². The first kappa shape index (κ1) is 37.1. The Hall–Kier alpha value is 0.0900. The fourth-order valence-electron chi connectivity index (χ4n) is 5.84. The molecule has 1 heteroatoms. The van der Waals surface area contributed by atoms with Crippen LogP contribution in [0.25, 0.3) is 0 Å². The van der Waals surface area contributed by atoms with E-state index in [0.29, 0.717) is 5.92 Å². The highest BCUT2D eigenvalue weighted by Gasteiger charge is 2.05. The molecule has 0 rings (SSSR count). The number of rotatable bonds is 33. The Morgan fingerprint density at radius 2 is 0.514 bits per heavy atom. The van der Waals surface area contributed by atoms with E-state index in [9.17, 15) is 0 Å². The molecule has 0 aromatic carbocycles. The molecule has 0 saturated carbocycles. The van der Waals surface area contributed by atoms with E-state index < -0.39 is 0 Å². The van der Waals surface area contributed by atoms with Crippen LogP contribution in [0.5, 0.6) is 0 Å². The molecule has 0 aromatic heterocycles. The van der Waals surface area contributed by atoms with Crippen LogP contribution in [0.3, 0.4) is 0 Å². The minimum absolute atomic E-state index is 0.707. The van der Waals surface area contributed by atoms with E-state index in [1.54, 1.807) is 0 Å². The van der Waals surface area contributed by atoms with E-state index in [-0.39, 0.29) is 0 Å². The van der Waals surface area contributed by atoms with Gasteiger partial charge < -0.3 is 0 Å². The van der Waals surface area contributed by atoms with Gasteiger partial charge in [-0.1, -0.05) is 219 Å². The summed E-state index contributed by atoms with van der Waals surface area (Å²) in [5.74, 6) is 0.707. The number of thiocarbonyl (C=S) groups is 1. The topological polar surface area (TPSA) is 0 Å². The molecule has 1 unspecified atom stereocenters. The molecular weight excluding hydrogens is 464 g/mol. The molecule has 0 bridgehead atoms. The lowest BCUT2D eigenvalue weighted by Gasteiger charge is -2.11. The highest BCUT2D eigenvalue weighted by Crippen LogP contribution is 2.19. The molecule has 0 saturated heterocycles. The van der Waals surface area contributed by atoms with Gasteiger partial charge in [0.2, 0.25) is 0 Å². The molecule has 222 valence electrons. The number of hydrogen-bond donors (Lipinski definition) is 0. The van der Waals surface area contributed by atoms with Gasteiger partial charge in [-0.3, -0.25) is 0 Å². The van der Waals surface area contributed by atoms with Crippen molar-refractivity contribution in [1.82, 2.24) is 0 Å². The first-order chi connectivity index (χ1) is 18.3. The summed E-state index contributed by atoms with van der Waals surface area (Å²) >= 11 is 5.36. The summed E-state index contributed by atoms with van der Waals surface area (Å²) in [6.07, 6.45) is 46.2. The van der Waals surface area contributed by atoms with E-state index in [0.717, 1.165) is 0 Å². The first-order valence-corrected chi connectivity index (χ1v) is 18.3. The van der Waals surface area contributed by atoms with E-state index in [2.05, 4.69) is 19.2 Å². The molecule has 0 amide bonds. The van der Waals surface area contributed by atoms with Crippen LogP contribution in [-0.2, 0) is 0 Å². The maximum absolute atomic E-state index is 5.36. The van der Waals surface area contributed by atoms with E-state index in [1.165, 1.54) is 205 Å². The van der Waals surface area contributed by atoms with Crippen molar-refractivity contribution in [3.05, 3.63) is 0 Å². The Morgan fingerprint density at radius 1 is 0.324 bits per heavy atom. The molecule has 0 aliphatic carbocycles. The van der Waals surface area contributed by atoms with Gasteiger partial charge in [0, 0.05) is 0 Å². The van der Waals surface area contributed by atoms with Crippen LogP contribution in [-0.4, -0.2) is 5.37 Å². The van der Waals surface area contributed by atoms with Crippen molar-refractivity contribution >= 4 is 17.6 Å². The fraction of sp³-hybridized carbons (Fsp3) is 0.972. The Bertz CT molecular complexity index is 403. The zero-order valence-electron chi connectivity index (χ0n) is 26.2. The minimum Gasteiger partial charge on any atom is -0.0932 e.